The van der Waals surface area contributed by atoms with E-state index in [1.54, 1.807) is 34.6 Å². The Kier molecular flexibility index (Phi) is 4.35. The first-order valence-corrected chi connectivity index (χ1v) is 8.58. The molecule has 0 aliphatic carbocycles. The van der Waals surface area contributed by atoms with Crippen molar-refractivity contribution in [2.24, 2.45) is 7.05 Å². The van der Waals surface area contributed by atoms with E-state index >= 15 is 0 Å². The molecule has 0 fully saturated rings. The molecule has 3 rings (SSSR count). The Morgan fingerprint density at radius 1 is 1.30 bits per heavy atom. The first kappa shape index (κ1) is 15.6. The van der Waals surface area contributed by atoms with E-state index in [-0.39, 0.29) is 17.2 Å². The lowest BCUT2D eigenvalue weighted by Crippen LogP contribution is -2.30. The summed E-state index contributed by atoms with van der Waals surface area (Å²) in [4.78, 5) is 30.9. The highest BCUT2D eigenvalue weighted by Crippen LogP contribution is 2.28. The fourth-order valence-corrected chi connectivity index (χ4v) is 3.64. The number of aromatic nitrogens is 3. The number of hydrogen-bond donors (Lipinski definition) is 0. The summed E-state index contributed by atoms with van der Waals surface area (Å²) in [6, 6.07) is 6.80. The molecule has 6 nitrogen and oxygen atoms in total. The maximum atomic E-state index is 12.4. The number of rotatable bonds is 4. The summed E-state index contributed by atoms with van der Waals surface area (Å²) in [5, 5.41) is 8.90. The normalized spacial score (nSPS) is 10.7. The molecule has 0 atom stereocenters. The number of carbonyl (C=O) groups is 1. The maximum absolute atomic E-state index is 12.4. The average molecular weight is 346 g/mol. The molecule has 8 heteroatoms. The van der Waals surface area contributed by atoms with E-state index in [0.29, 0.717) is 6.54 Å². The van der Waals surface area contributed by atoms with Gasteiger partial charge in [-0.1, -0.05) is 6.07 Å². The van der Waals surface area contributed by atoms with Crippen LogP contribution in [-0.4, -0.2) is 32.6 Å². The van der Waals surface area contributed by atoms with Gasteiger partial charge in [-0.15, -0.1) is 22.7 Å². The molecular formula is C15H14N4O2S2. The first-order valence-electron chi connectivity index (χ1n) is 6.82. The van der Waals surface area contributed by atoms with E-state index < -0.39 is 0 Å². The number of thiazole rings is 1. The second-order valence-corrected chi connectivity index (χ2v) is 6.77. The molecule has 3 aromatic rings. The van der Waals surface area contributed by atoms with Crippen LogP contribution in [0.4, 0.5) is 0 Å². The topological polar surface area (TPSA) is 68.1 Å². The molecule has 0 saturated heterocycles. The van der Waals surface area contributed by atoms with Gasteiger partial charge in [0.05, 0.1) is 17.1 Å². The van der Waals surface area contributed by atoms with Gasteiger partial charge in [0.2, 0.25) is 0 Å². The third-order valence-electron chi connectivity index (χ3n) is 3.21. The van der Waals surface area contributed by atoms with Crippen molar-refractivity contribution < 1.29 is 4.79 Å². The molecule has 0 aromatic carbocycles. The van der Waals surface area contributed by atoms with Crippen molar-refractivity contribution in [3.05, 3.63) is 56.8 Å². The largest absolute Gasteiger partial charge is 0.334 e. The van der Waals surface area contributed by atoms with Crippen LogP contribution in [0.3, 0.4) is 0 Å². The smallest absolute Gasteiger partial charge is 0.274 e. The zero-order chi connectivity index (χ0) is 16.4. The predicted octanol–water partition coefficient (Wildman–Crippen LogP) is 2.24. The van der Waals surface area contributed by atoms with Gasteiger partial charge in [0.15, 0.2) is 0 Å². The van der Waals surface area contributed by atoms with Gasteiger partial charge in [0, 0.05) is 25.5 Å². The maximum Gasteiger partial charge on any atom is 0.274 e. The highest BCUT2D eigenvalue weighted by Gasteiger charge is 2.16. The van der Waals surface area contributed by atoms with E-state index in [2.05, 4.69) is 10.1 Å². The number of nitrogens with zero attached hydrogens (tertiary/aromatic N) is 4. The van der Waals surface area contributed by atoms with Gasteiger partial charge in [-0.25, -0.2) is 9.67 Å². The Labute approximate surface area is 140 Å². The minimum absolute atomic E-state index is 0.239. The highest BCUT2D eigenvalue weighted by atomic mass is 32.1. The van der Waals surface area contributed by atoms with Crippen molar-refractivity contribution in [1.29, 1.82) is 0 Å². The van der Waals surface area contributed by atoms with Crippen molar-refractivity contribution in [2.75, 3.05) is 7.05 Å². The van der Waals surface area contributed by atoms with Crippen LogP contribution in [0.15, 0.2) is 39.8 Å². The number of carbonyl (C=O) groups excluding carboxylic acids is 1. The minimum atomic E-state index is -0.246. The van der Waals surface area contributed by atoms with Gasteiger partial charge < -0.3 is 4.90 Å². The highest BCUT2D eigenvalue weighted by molar-refractivity contribution is 7.20. The lowest BCUT2D eigenvalue weighted by atomic mass is 10.3. The average Bonchev–Trinajstić information content (AvgIpc) is 3.20. The van der Waals surface area contributed by atoms with Crippen LogP contribution in [0.5, 0.6) is 0 Å². The molecular weight excluding hydrogens is 332 g/mol. The summed E-state index contributed by atoms with van der Waals surface area (Å²) in [5.41, 5.74) is 0.826. The summed E-state index contributed by atoms with van der Waals surface area (Å²) >= 11 is 3.20. The van der Waals surface area contributed by atoms with Crippen molar-refractivity contribution in [1.82, 2.24) is 19.7 Å². The number of thiophene rings is 1. The van der Waals surface area contributed by atoms with Gasteiger partial charge in [0.1, 0.15) is 10.7 Å². The van der Waals surface area contributed by atoms with Crippen LogP contribution >= 0.6 is 22.7 Å². The van der Waals surface area contributed by atoms with E-state index in [4.69, 9.17) is 0 Å². The quantitative estimate of drug-likeness (QED) is 0.726. The van der Waals surface area contributed by atoms with Crippen LogP contribution in [-0.2, 0) is 13.6 Å². The molecule has 0 bridgehead atoms. The molecule has 23 heavy (non-hydrogen) atoms. The second-order valence-electron chi connectivity index (χ2n) is 4.96. The van der Waals surface area contributed by atoms with Crippen molar-refractivity contribution >= 4 is 28.6 Å². The fourth-order valence-electron chi connectivity index (χ4n) is 2.02. The number of aryl methyl sites for hydroxylation is 1. The Bertz CT molecular complexity index is 883. The molecule has 3 aromatic heterocycles. The van der Waals surface area contributed by atoms with E-state index in [9.17, 15) is 9.59 Å². The van der Waals surface area contributed by atoms with Crippen LogP contribution < -0.4 is 5.56 Å². The molecule has 1 amide bonds. The molecule has 0 N–H and O–H groups in total. The van der Waals surface area contributed by atoms with Gasteiger partial charge in [-0.05, 0) is 17.5 Å². The van der Waals surface area contributed by atoms with Gasteiger partial charge in [-0.2, -0.15) is 5.10 Å². The molecule has 0 radical (unpaired) electrons. The van der Waals surface area contributed by atoms with E-state index in [0.717, 1.165) is 20.3 Å². The molecule has 118 valence electrons. The summed E-state index contributed by atoms with van der Waals surface area (Å²) in [6.45, 7) is 0.394. The van der Waals surface area contributed by atoms with Crippen molar-refractivity contribution in [3.63, 3.8) is 0 Å². The van der Waals surface area contributed by atoms with Crippen LogP contribution in [0.1, 0.15) is 16.2 Å². The van der Waals surface area contributed by atoms with Crippen LogP contribution in [0.2, 0.25) is 0 Å². The fraction of sp³-hybridized carbons (Fsp3) is 0.200. The standard InChI is InChI=1S/C15H14N4O2S2/c1-18(15(21)11-5-6-13(20)19(2)17-11)8-10-9-23-14(16-10)12-4-3-7-22-12/h3-7,9H,8H2,1-2H3. The summed E-state index contributed by atoms with van der Waals surface area (Å²) < 4.78 is 1.15. The van der Waals surface area contributed by atoms with Crippen molar-refractivity contribution in [2.45, 2.75) is 6.54 Å². The molecule has 0 aliphatic rings. The SMILES string of the molecule is CN(Cc1csc(-c2cccs2)n1)C(=O)c1ccc(=O)n(C)n1. The lowest BCUT2D eigenvalue weighted by molar-refractivity contribution is 0.0775. The molecule has 0 aliphatic heterocycles. The first-order chi connectivity index (χ1) is 11.0. The Morgan fingerprint density at radius 2 is 2.13 bits per heavy atom. The molecule has 0 spiro atoms. The third-order valence-corrected chi connectivity index (χ3v) is 5.14. The van der Waals surface area contributed by atoms with Gasteiger partial charge in [-0.3, -0.25) is 9.59 Å². The zero-order valence-electron chi connectivity index (χ0n) is 12.6. The summed E-state index contributed by atoms with van der Waals surface area (Å²) in [5.74, 6) is -0.244. The van der Waals surface area contributed by atoms with Gasteiger partial charge >= 0.3 is 0 Å². The van der Waals surface area contributed by atoms with Crippen molar-refractivity contribution in [3.8, 4) is 9.88 Å². The minimum Gasteiger partial charge on any atom is -0.334 e. The lowest BCUT2D eigenvalue weighted by Gasteiger charge is -2.15. The Morgan fingerprint density at radius 3 is 2.83 bits per heavy atom. The number of amides is 1. The Balaban J connectivity index is 1.73. The van der Waals surface area contributed by atoms with Crippen LogP contribution in [0.25, 0.3) is 9.88 Å². The molecule has 3 heterocycles. The monoisotopic (exact) mass is 346 g/mol. The summed E-state index contributed by atoms with van der Waals surface area (Å²) in [7, 11) is 3.21. The second kappa shape index (κ2) is 6.43. The molecule has 0 saturated carbocycles. The Hall–Kier alpha value is -2.32. The van der Waals surface area contributed by atoms with Gasteiger partial charge in [0.25, 0.3) is 11.5 Å². The van der Waals surface area contributed by atoms with E-state index in [1.807, 2.05) is 22.9 Å². The van der Waals surface area contributed by atoms with E-state index in [1.165, 1.54) is 19.2 Å². The zero-order valence-corrected chi connectivity index (χ0v) is 14.2. The summed E-state index contributed by atoms with van der Waals surface area (Å²) in [6.07, 6.45) is 0. The van der Waals surface area contributed by atoms with Crippen LogP contribution in [0, 0.1) is 0 Å². The third kappa shape index (κ3) is 3.38. The number of hydrogen-bond acceptors (Lipinski definition) is 6. The predicted molar refractivity (Wildman–Crippen MR) is 90.7 cm³/mol. The molecule has 0 unspecified atom stereocenters.